The van der Waals surface area contributed by atoms with Crippen LogP contribution >= 0.6 is 0 Å². The first kappa shape index (κ1) is 24.2. The molecule has 36 heavy (non-hydrogen) atoms. The molecule has 2 fully saturated rings. The molecule has 0 aliphatic carbocycles. The summed E-state index contributed by atoms with van der Waals surface area (Å²) in [6.45, 7) is 3.74. The number of benzene rings is 2. The molecule has 10 heteroatoms. The molecule has 5 rings (SSSR count). The maximum Gasteiger partial charge on any atom is 0.253 e. The van der Waals surface area contributed by atoms with Gasteiger partial charge in [0.15, 0.2) is 0 Å². The van der Waals surface area contributed by atoms with Gasteiger partial charge < -0.3 is 30.5 Å². The van der Waals surface area contributed by atoms with Gasteiger partial charge in [0, 0.05) is 24.4 Å². The van der Waals surface area contributed by atoms with Crippen molar-refractivity contribution in [1.29, 1.82) is 0 Å². The minimum atomic E-state index is -0.466. The first-order valence-corrected chi connectivity index (χ1v) is 12.5. The first-order valence-electron chi connectivity index (χ1n) is 12.5. The summed E-state index contributed by atoms with van der Waals surface area (Å²) >= 11 is 0. The lowest BCUT2D eigenvalue weighted by Crippen LogP contribution is -2.43. The summed E-state index contributed by atoms with van der Waals surface area (Å²) in [5, 5.41) is 17.3. The smallest absolute Gasteiger partial charge is 0.253 e. The highest BCUT2D eigenvalue weighted by Crippen LogP contribution is 2.17. The number of carbonyl (C=O) groups excluding carboxylic acids is 1. The number of nitrogens with one attached hydrogen (secondary N) is 3. The maximum atomic E-state index is 13.2. The van der Waals surface area contributed by atoms with Crippen molar-refractivity contribution in [2.24, 2.45) is 0 Å². The van der Waals surface area contributed by atoms with Gasteiger partial charge >= 0.3 is 0 Å². The van der Waals surface area contributed by atoms with Gasteiger partial charge in [-0.25, -0.2) is 4.98 Å². The molecule has 0 unspecified atom stereocenters. The van der Waals surface area contributed by atoms with E-state index in [4.69, 9.17) is 0 Å². The van der Waals surface area contributed by atoms with Crippen molar-refractivity contribution in [2.45, 2.75) is 37.8 Å². The molecule has 0 bridgehead atoms. The summed E-state index contributed by atoms with van der Waals surface area (Å²) in [5.41, 5.74) is 0.0270. The van der Waals surface area contributed by atoms with E-state index in [0.717, 1.165) is 57.9 Å². The van der Waals surface area contributed by atoms with Gasteiger partial charge in [-0.05, 0) is 78.1 Å². The normalized spacial score (nSPS) is 19.2. The largest absolute Gasteiger partial charge is 0.507 e. The molecule has 1 amide bonds. The molecule has 0 saturated carbocycles. The van der Waals surface area contributed by atoms with E-state index in [2.05, 4.69) is 44.5 Å². The van der Waals surface area contributed by atoms with Crippen LogP contribution < -0.4 is 26.7 Å². The highest BCUT2D eigenvalue weighted by atomic mass is 16.3. The molecule has 10 nitrogen and oxygen atoms in total. The van der Waals surface area contributed by atoms with Crippen molar-refractivity contribution in [1.82, 2.24) is 30.4 Å². The third kappa shape index (κ3) is 4.78. The van der Waals surface area contributed by atoms with Crippen LogP contribution in [0.2, 0.25) is 0 Å². The Hall–Kier alpha value is -3.50. The predicted octanol–water partition coefficient (Wildman–Crippen LogP) is 0.107. The number of phenols is 1. The molecule has 3 aromatic rings. The fourth-order valence-electron chi connectivity index (χ4n) is 5.05. The third-order valence-electron chi connectivity index (χ3n) is 7.38. The average Bonchev–Trinajstić information content (AvgIpc) is 2.86. The molecule has 3 heterocycles. The van der Waals surface area contributed by atoms with E-state index in [1.807, 2.05) is 0 Å². The van der Waals surface area contributed by atoms with E-state index in [-0.39, 0.29) is 56.8 Å². The first-order chi connectivity index (χ1) is 17.3. The number of phenolic OH excluding ortho intramolecular Hbond substituents is 1. The number of carbonyl (C=O) groups is 1. The Labute approximate surface area is 208 Å². The third-order valence-corrected chi connectivity index (χ3v) is 7.38. The van der Waals surface area contributed by atoms with Crippen LogP contribution in [0.4, 0.5) is 0 Å². The van der Waals surface area contributed by atoms with Crippen molar-refractivity contribution < 1.29 is 9.90 Å². The molecular weight excluding hydrogens is 460 g/mol. The molecule has 190 valence electrons. The van der Waals surface area contributed by atoms with Gasteiger partial charge in [0.25, 0.3) is 5.91 Å². The Morgan fingerprint density at radius 2 is 1.61 bits per heavy atom. The number of hydrogen-bond acceptors (Lipinski definition) is 8. The lowest BCUT2D eigenvalue weighted by atomic mass is 10.0. The molecule has 0 atom stereocenters. The van der Waals surface area contributed by atoms with Gasteiger partial charge in [-0.3, -0.25) is 14.4 Å². The second kappa shape index (κ2) is 9.87. The van der Waals surface area contributed by atoms with E-state index in [1.54, 1.807) is 6.20 Å². The van der Waals surface area contributed by atoms with E-state index in [9.17, 15) is 19.5 Å². The number of nitrogens with zero attached hydrogens (tertiary/aromatic N) is 3. The van der Waals surface area contributed by atoms with Crippen LogP contribution in [0.5, 0.6) is 5.75 Å². The highest BCUT2D eigenvalue weighted by Gasteiger charge is 2.22. The number of aromatic amines is 1. The number of H-pyrrole nitrogens is 1. The van der Waals surface area contributed by atoms with Gasteiger partial charge in [0.2, 0.25) is 10.9 Å². The molecule has 2 aliphatic rings. The van der Waals surface area contributed by atoms with Crippen LogP contribution in [0.25, 0.3) is 28.3 Å². The average molecular weight is 493 g/mol. The number of likely N-dealkylation sites (tertiary alicyclic amines) is 2. The molecular formula is C26H32N6O4. The molecule has 1 aromatic heterocycles. The Balaban J connectivity index is 1.56. The van der Waals surface area contributed by atoms with Crippen molar-refractivity contribution in [2.75, 3.05) is 40.3 Å². The lowest BCUT2D eigenvalue weighted by Gasteiger charge is -2.29. The lowest BCUT2D eigenvalue weighted by molar-refractivity contribution is 0.0918. The summed E-state index contributed by atoms with van der Waals surface area (Å²) < 4.78 is 0. The van der Waals surface area contributed by atoms with Crippen LogP contribution in [0, 0.1) is 0 Å². The summed E-state index contributed by atoms with van der Waals surface area (Å²) in [5.74, 6) is -0.523. The molecule has 0 radical (unpaired) electrons. The summed E-state index contributed by atoms with van der Waals surface area (Å²) in [6, 6.07) is 4.20. The topological polar surface area (TPSA) is 131 Å². The molecule has 2 aliphatic heterocycles. The Morgan fingerprint density at radius 3 is 2.28 bits per heavy atom. The molecule has 0 spiro atoms. The monoisotopic (exact) mass is 492 g/mol. The SMILES string of the molecule is CN1CCC(NC=c2c(O)cc(=O)c3[nH]c4c(C(=O)NC5CCN(C)CC5)ccc(=O)c4nc23)CC1. The number of piperidine rings is 2. The molecule has 2 saturated heterocycles. The fourth-order valence-corrected chi connectivity index (χ4v) is 5.05. The second-order valence-electron chi connectivity index (χ2n) is 10.0. The quantitative estimate of drug-likeness (QED) is 0.378. The Bertz CT molecular complexity index is 1470. The summed E-state index contributed by atoms with van der Waals surface area (Å²) in [7, 11) is 4.14. The van der Waals surface area contributed by atoms with Gasteiger partial charge in [-0.1, -0.05) is 0 Å². The molecule has 4 N–H and O–H groups in total. The number of fused-ring (bicyclic) bond motifs is 2. The van der Waals surface area contributed by atoms with E-state index in [1.165, 1.54) is 12.1 Å². The maximum absolute atomic E-state index is 13.2. The van der Waals surface area contributed by atoms with Crippen molar-refractivity contribution in [3.05, 3.63) is 49.4 Å². The Morgan fingerprint density at radius 1 is 0.972 bits per heavy atom. The van der Waals surface area contributed by atoms with Crippen molar-refractivity contribution in [3.63, 3.8) is 0 Å². The van der Waals surface area contributed by atoms with Crippen LogP contribution in [0.3, 0.4) is 0 Å². The highest BCUT2D eigenvalue weighted by molar-refractivity contribution is 6.06. The number of aromatic hydroxyl groups is 1. The summed E-state index contributed by atoms with van der Waals surface area (Å²) in [6.07, 6.45) is 5.26. The Kier molecular flexibility index (Phi) is 6.63. The van der Waals surface area contributed by atoms with Crippen LogP contribution in [-0.4, -0.2) is 83.1 Å². The van der Waals surface area contributed by atoms with Crippen molar-refractivity contribution >= 4 is 34.2 Å². The number of amides is 1. The number of hydrogen-bond donors (Lipinski definition) is 4. The van der Waals surface area contributed by atoms with Crippen LogP contribution in [0.1, 0.15) is 36.0 Å². The van der Waals surface area contributed by atoms with Crippen LogP contribution in [0.15, 0.2) is 27.8 Å². The second-order valence-corrected chi connectivity index (χ2v) is 10.0. The zero-order valence-corrected chi connectivity index (χ0v) is 20.6. The number of aromatic nitrogens is 2. The number of rotatable bonds is 4. The zero-order valence-electron chi connectivity index (χ0n) is 20.6. The summed E-state index contributed by atoms with van der Waals surface area (Å²) in [4.78, 5) is 50.7. The fraction of sp³-hybridized carbons (Fsp3) is 0.462. The van der Waals surface area contributed by atoms with E-state index in [0.29, 0.717) is 5.22 Å². The minimum absolute atomic E-state index is 0.0444. The van der Waals surface area contributed by atoms with Gasteiger partial charge in [-0.2, -0.15) is 0 Å². The van der Waals surface area contributed by atoms with Gasteiger partial charge in [0.1, 0.15) is 22.3 Å². The van der Waals surface area contributed by atoms with Gasteiger partial charge in [0.05, 0.1) is 16.3 Å². The zero-order chi connectivity index (χ0) is 25.4. The van der Waals surface area contributed by atoms with Crippen LogP contribution in [-0.2, 0) is 0 Å². The van der Waals surface area contributed by atoms with Crippen molar-refractivity contribution in [3.8, 4) is 5.75 Å². The minimum Gasteiger partial charge on any atom is -0.507 e. The van der Waals surface area contributed by atoms with E-state index >= 15 is 0 Å². The molecule has 2 aromatic carbocycles. The predicted molar refractivity (Wildman–Crippen MR) is 139 cm³/mol. The standard InChI is InChI=1S/C26H32N6O4/c1-31-9-5-15(6-10-31)27-14-18-20(34)13-21(35)25-23(18)30-24-19(33)4-3-17(22(24)29-25)26(36)28-16-7-11-32(2)12-8-16/h3-4,13-16,27,29,34H,5-12H2,1-2H3,(H,28,36). The van der Waals surface area contributed by atoms with E-state index < -0.39 is 5.43 Å². The van der Waals surface area contributed by atoms with Gasteiger partial charge in [-0.15, -0.1) is 0 Å².